The Kier molecular flexibility index (Phi) is 4.85. The smallest absolute Gasteiger partial charge is 0.270 e. The summed E-state index contributed by atoms with van der Waals surface area (Å²) in [5.41, 5.74) is 6.55. The van der Waals surface area contributed by atoms with Crippen molar-refractivity contribution in [3.05, 3.63) is 38.3 Å². The highest BCUT2D eigenvalue weighted by Crippen LogP contribution is 2.23. The molecule has 1 rings (SSSR count). The summed E-state index contributed by atoms with van der Waals surface area (Å²) in [5.74, 6) is 0. The molecule has 5 nitrogen and oxygen atoms in total. The Bertz CT molecular complexity index is 384. The van der Waals surface area contributed by atoms with E-state index < -0.39 is 4.92 Å². The van der Waals surface area contributed by atoms with Gasteiger partial charge in [0.2, 0.25) is 0 Å². The van der Waals surface area contributed by atoms with E-state index >= 15 is 0 Å². The lowest BCUT2D eigenvalue weighted by atomic mass is 10.2. The zero-order valence-corrected chi connectivity index (χ0v) is 10.6. The molecular formula is C10H14BrN3O2. The highest BCUT2D eigenvalue weighted by molar-refractivity contribution is 9.10. The molecule has 16 heavy (non-hydrogen) atoms. The SMILES string of the molecule is CN(CCN)Cc1ccc([N+](=O)[O-])cc1Br. The van der Waals surface area contributed by atoms with Crippen LogP contribution in [0.15, 0.2) is 22.7 Å². The van der Waals surface area contributed by atoms with Crippen LogP contribution in [0.4, 0.5) is 5.69 Å². The van der Waals surface area contributed by atoms with Crippen LogP contribution in [0.3, 0.4) is 0 Å². The second-order valence-electron chi connectivity index (χ2n) is 3.56. The Morgan fingerprint density at radius 2 is 2.25 bits per heavy atom. The predicted molar refractivity (Wildman–Crippen MR) is 66.2 cm³/mol. The molecule has 0 radical (unpaired) electrons. The van der Waals surface area contributed by atoms with Crippen molar-refractivity contribution in [1.82, 2.24) is 4.90 Å². The van der Waals surface area contributed by atoms with Crippen molar-refractivity contribution in [2.45, 2.75) is 6.54 Å². The summed E-state index contributed by atoms with van der Waals surface area (Å²) in [7, 11) is 1.96. The van der Waals surface area contributed by atoms with Crippen molar-refractivity contribution in [3.8, 4) is 0 Å². The van der Waals surface area contributed by atoms with E-state index in [1.165, 1.54) is 12.1 Å². The van der Waals surface area contributed by atoms with Gasteiger partial charge in [-0.1, -0.05) is 15.9 Å². The Balaban J connectivity index is 2.79. The van der Waals surface area contributed by atoms with Crippen molar-refractivity contribution in [1.29, 1.82) is 0 Å². The second kappa shape index (κ2) is 5.93. The van der Waals surface area contributed by atoms with Gasteiger partial charge in [0.25, 0.3) is 5.69 Å². The molecule has 1 aromatic carbocycles. The minimum Gasteiger partial charge on any atom is -0.329 e. The molecule has 0 aliphatic rings. The summed E-state index contributed by atoms with van der Waals surface area (Å²) in [6.07, 6.45) is 0. The largest absolute Gasteiger partial charge is 0.329 e. The summed E-state index contributed by atoms with van der Waals surface area (Å²) in [5, 5.41) is 10.5. The first kappa shape index (κ1) is 13.1. The molecule has 2 N–H and O–H groups in total. The zero-order chi connectivity index (χ0) is 12.1. The van der Waals surface area contributed by atoms with E-state index in [4.69, 9.17) is 5.73 Å². The third-order valence-electron chi connectivity index (χ3n) is 2.20. The number of halogens is 1. The Labute approximate surface area is 103 Å². The van der Waals surface area contributed by atoms with Gasteiger partial charge in [-0.05, 0) is 18.7 Å². The van der Waals surface area contributed by atoms with Crippen LogP contribution in [0.2, 0.25) is 0 Å². The summed E-state index contributed by atoms with van der Waals surface area (Å²) < 4.78 is 0.755. The molecule has 0 aromatic heterocycles. The molecule has 6 heteroatoms. The van der Waals surface area contributed by atoms with Crippen molar-refractivity contribution in [2.75, 3.05) is 20.1 Å². The molecule has 0 saturated carbocycles. The molecular weight excluding hydrogens is 274 g/mol. The molecule has 1 aromatic rings. The fourth-order valence-electron chi connectivity index (χ4n) is 1.37. The standard InChI is InChI=1S/C10H14BrN3O2/c1-13(5-4-12)7-8-2-3-9(14(15)16)6-10(8)11/h2-3,6H,4-5,7,12H2,1H3. The van der Waals surface area contributed by atoms with Crippen molar-refractivity contribution in [2.24, 2.45) is 5.73 Å². The monoisotopic (exact) mass is 287 g/mol. The van der Waals surface area contributed by atoms with E-state index in [0.29, 0.717) is 6.54 Å². The summed E-state index contributed by atoms with van der Waals surface area (Å²) in [4.78, 5) is 12.2. The molecule has 0 aliphatic heterocycles. The third kappa shape index (κ3) is 3.55. The van der Waals surface area contributed by atoms with Crippen LogP contribution >= 0.6 is 15.9 Å². The molecule has 0 heterocycles. The maximum atomic E-state index is 10.5. The van der Waals surface area contributed by atoms with E-state index in [2.05, 4.69) is 20.8 Å². The van der Waals surface area contributed by atoms with E-state index in [-0.39, 0.29) is 5.69 Å². The van der Waals surface area contributed by atoms with Gasteiger partial charge in [0.05, 0.1) is 4.92 Å². The summed E-state index contributed by atoms with van der Waals surface area (Å²) >= 11 is 3.33. The lowest BCUT2D eigenvalue weighted by Crippen LogP contribution is -2.25. The van der Waals surface area contributed by atoms with Gasteiger partial charge in [0.15, 0.2) is 0 Å². The molecule has 0 aliphatic carbocycles. The van der Waals surface area contributed by atoms with E-state index in [1.807, 2.05) is 7.05 Å². The number of hydrogen-bond acceptors (Lipinski definition) is 4. The lowest BCUT2D eigenvalue weighted by Gasteiger charge is -2.16. The molecule has 0 amide bonds. The minimum atomic E-state index is -0.405. The number of rotatable bonds is 5. The second-order valence-corrected chi connectivity index (χ2v) is 4.41. The Hall–Kier alpha value is -0.980. The maximum Gasteiger partial charge on any atom is 0.270 e. The molecule has 0 atom stereocenters. The average molecular weight is 288 g/mol. The number of hydrogen-bond donors (Lipinski definition) is 1. The first-order valence-electron chi connectivity index (χ1n) is 4.86. The van der Waals surface area contributed by atoms with Crippen LogP contribution in [0.5, 0.6) is 0 Å². The van der Waals surface area contributed by atoms with Crippen LogP contribution < -0.4 is 5.73 Å². The van der Waals surface area contributed by atoms with Crippen LogP contribution in [-0.4, -0.2) is 30.0 Å². The summed E-state index contributed by atoms with van der Waals surface area (Å²) in [6, 6.07) is 4.79. The number of nitrogens with two attached hydrogens (primary N) is 1. The first-order chi connectivity index (χ1) is 7.54. The van der Waals surface area contributed by atoms with Gasteiger partial charge in [-0.3, -0.25) is 10.1 Å². The Morgan fingerprint density at radius 3 is 2.75 bits per heavy atom. The fourth-order valence-corrected chi connectivity index (χ4v) is 1.86. The normalized spacial score (nSPS) is 10.8. The predicted octanol–water partition coefficient (Wildman–Crippen LogP) is 1.75. The van der Waals surface area contributed by atoms with E-state index in [1.54, 1.807) is 6.07 Å². The lowest BCUT2D eigenvalue weighted by molar-refractivity contribution is -0.384. The first-order valence-corrected chi connectivity index (χ1v) is 5.65. The minimum absolute atomic E-state index is 0.0945. The summed E-state index contributed by atoms with van der Waals surface area (Å²) in [6.45, 7) is 2.11. The van der Waals surface area contributed by atoms with Gasteiger partial charge in [0, 0.05) is 36.2 Å². The quantitative estimate of drug-likeness (QED) is 0.661. The Morgan fingerprint density at radius 1 is 1.56 bits per heavy atom. The number of nitrogens with zero attached hydrogens (tertiary/aromatic N) is 2. The zero-order valence-electron chi connectivity index (χ0n) is 9.02. The number of likely N-dealkylation sites (N-methyl/N-ethyl adjacent to an activating group) is 1. The van der Waals surface area contributed by atoms with Crippen LogP contribution in [-0.2, 0) is 6.54 Å². The number of nitro groups is 1. The molecule has 0 bridgehead atoms. The van der Waals surface area contributed by atoms with Gasteiger partial charge in [-0.25, -0.2) is 0 Å². The fraction of sp³-hybridized carbons (Fsp3) is 0.400. The van der Waals surface area contributed by atoms with E-state index in [9.17, 15) is 10.1 Å². The number of nitro benzene ring substituents is 1. The van der Waals surface area contributed by atoms with Crippen LogP contribution in [0, 0.1) is 10.1 Å². The average Bonchev–Trinajstić information content (AvgIpc) is 2.21. The highest BCUT2D eigenvalue weighted by Gasteiger charge is 2.10. The van der Waals surface area contributed by atoms with Gasteiger partial charge in [-0.15, -0.1) is 0 Å². The van der Waals surface area contributed by atoms with Gasteiger partial charge in [0.1, 0.15) is 0 Å². The van der Waals surface area contributed by atoms with Gasteiger partial charge >= 0.3 is 0 Å². The highest BCUT2D eigenvalue weighted by atomic mass is 79.9. The van der Waals surface area contributed by atoms with E-state index in [0.717, 1.165) is 23.1 Å². The maximum absolute atomic E-state index is 10.5. The molecule has 88 valence electrons. The number of non-ortho nitro benzene ring substituents is 1. The van der Waals surface area contributed by atoms with Gasteiger partial charge in [-0.2, -0.15) is 0 Å². The third-order valence-corrected chi connectivity index (χ3v) is 2.94. The van der Waals surface area contributed by atoms with Crippen molar-refractivity contribution in [3.63, 3.8) is 0 Å². The van der Waals surface area contributed by atoms with Crippen LogP contribution in [0.25, 0.3) is 0 Å². The van der Waals surface area contributed by atoms with Gasteiger partial charge < -0.3 is 10.6 Å². The molecule has 0 saturated heterocycles. The van der Waals surface area contributed by atoms with Crippen molar-refractivity contribution >= 4 is 21.6 Å². The molecule has 0 fully saturated rings. The van der Waals surface area contributed by atoms with Crippen molar-refractivity contribution < 1.29 is 4.92 Å². The molecule has 0 spiro atoms. The number of benzene rings is 1. The topological polar surface area (TPSA) is 72.4 Å². The molecule has 0 unspecified atom stereocenters. The van der Waals surface area contributed by atoms with Crippen LogP contribution in [0.1, 0.15) is 5.56 Å².